The predicted molar refractivity (Wildman–Crippen MR) is 111 cm³/mol. The van der Waals surface area contributed by atoms with Crippen molar-refractivity contribution in [3.8, 4) is 0 Å². The van der Waals surface area contributed by atoms with Crippen molar-refractivity contribution in [1.29, 1.82) is 0 Å². The van der Waals surface area contributed by atoms with E-state index in [9.17, 15) is 4.79 Å². The van der Waals surface area contributed by atoms with E-state index in [1.54, 1.807) is 6.21 Å². The topological polar surface area (TPSA) is 47.9 Å². The molecule has 0 aliphatic heterocycles. The summed E-state index contributed by atoms with van der Waals surface area (Å²) in [5, 5.41) is 0.709. The third kappa shape index (κ3) is 6.12. The van der Waals surface area contributed by atoms with E-state index in [1.165, 1.54) is 20.5 Å². The maximum absolute atomic E-state index is 12.0. The smallest absolute Gasteiger partial charge is 0.341 e. The second kappa shape index (κ2) is 10.3. The predicted octanol–water partition coefficient (Wildman–Crippen LogP) is 5.02. The van der Waals surface area contributed by atoms with E-state index in [2.05, 4.69) is 4.99 Å². The Hall–Kier alpha value is -2.85. The molecular formula is C22H22ClNO3. The van der Waals surface area contributed by atoms with Gasteiger partial charge in [0.15, 0.2) is 0 Å². The van der Waals surface area contributed by atoms with Crippen LogP contribution in [0.5, 0.6) is 0 Å². The third-order valence-corrected chi connectivity index (χ3v) is 4.03. The average molecular weight is 384 g/mol. The molecule has 0 aliphatic carbocycles. The maximum atomic E-state index is 12.0. The maximum Gasteiger partial charge on any atom is 0.341 e. The molecule has 1 unspecified atom stereocenters. The van der Waals surface area contributed by atoms with Gasteiger partial charge in [-0.2, -0.15) is 0 Å². The van der Waals surface area contributed by atoms with Gasteiger partial charge < -0.3 is 9.47 Å². The lowest BCUT2D eigenvalue weighted by molar-refractivity contribution is -0.133. The Labute approximate surface area is 164 Å². The SMILES string of the molecule is COC=C(C(=O)OC)c1ccccc1C=NC(C)C=Cc1ccc(Cl)cc1. The van der Waals surface area contributed by atoms with E-state index >= 15 is 0 Å². The largest absolute Gasteiger partial charge is 0.503 e. The average Bonchev–Trinajstić information content (AvgIpc) is 2.70. The van der Waals surface area contributed by atoms with E-state index in [-0.39, 0.29) is 6.04 Å². The summed E-state index contributed by atoms with van der Waals surface area (Å²) in [6, 6.07) is 15.0. The van der Waals surface area contributed by atoms with Gasteiger partial charge in [0.05, 0.1) is 26.5 Å². The van der Waals surface area contributed by atoms with Crippen molar-refractivity contribution in [3.05, 3.63) is 82.6 Å². The van der Waals surface area contributed by atoms with Crippen molar-refractivity contribution >= 4 is 35.4 Å². The van der Waals surface area contributed by atoms with Gasteiger partial charge in [0, 0.05) is 22.4 Å². The molecule has 2 aromatic carbocycles. The van der Waals surface area contributed by atoms with Crippen LogP contribution in [0.15, 0.2) is 65.9 Å². The molecule has 0 fully saturated rings. The van der Waals surface area contributed by atoms with E-state index in [0.717, 1.165) is 11.1 Å². The molecule has 5 heteroatoms. The molecular weight excluding hydrogens is 362 g/mol. The minimum absolute atomic E-state index is 0.0401. The fourth-order valence-corrected chi connectivity index (χ4v) is 2.50. The third-order valence-electron chi connectivity index (χ3n) is 3.78. The normalized spacial score (nSPS) is 13.1. The Bertz CT molecular complexity index is 854. The highest BCUT2D eigenvalue weighted by Crippen LogP contribution is 2.20. The summed E-state index contributed by atoms with van der Waals surface area (Å²) in [6.07, 6.45) is 7.12. The first-order chi connectivity index (χ1) is 13.0. The van der Waals surface area contributed by atoms with Crippen LogP contribution in [0.3, 0.4) is 0 Å². The van der Waals surface area contributed by atoms with Crippen LogP contribution in [0.1, 0.15) is 23.6 Å². The Kier molecular flexibility index (Phi) is 7.83. The standard InChI is InChI=1S/C22H22ClNO3/c1-16(8-9-17-10-12-19(23)13-11-17)24-14-18-6-4-5-7-20(18)21(15-26-2)22(25)27-3/h4-16H,1-3H3. The first kappa shape index (κ1) is 20.5. The summed E-state index contributed by atoms with van der Waals surface area (Å²) in [5.74, 6) is -0.464. The quantitative estimate of drug-likeness (QED) is 0.292. The number of ether oxygens (including phenoxy) is 2. The molecule has 0 amide bonds. The highest BCUT2D eigenvalue weighted by Gasteiger charge is 2.15. The number of benzene rings is 2. The van der Waals surface area contributed by atoms with Crippen molar-refractivity contribution in [2.24, 2.45) is 4.99 Å². The first-order valence-corrected chi connectivity index (χ1v) is 8.80. The van der Waals surface area contributed by atoms with E-state index < -0.39 is 5.97 Å². The van der Waals surface area contributed by atoms with E-state index in [0.29, 0.717) is 16.2 Å². The van der Waals surface area contributed by atoms with Gasteiger partial charge in [-0.15, -0.1) is 0 Å². The molecule has 2 aromatic rings. The lowest BCUT2D eigenvalue weighted by Crippen LogP contribution is -2.07. The number of methoxy groups -OCH3 is 2. The van der Waals surface area contributed by atoms with Gasteiger partial charge in [-0.05, 0) is 24.6 Å². The molecule has 0 bridgehead atoms. The number of hydrogen-bond donors (Lipinski definition) is 0. The van der Waals surface area contributed by atoms with Crippen LogP contribution < -0.4 is 0 Å². The molecule has 0 N–H and O–H groups in total. The monoisotopic (exact) mass is 383 g/mol. The van der Waals surface area contributed by atoms with Gasteiger partial charge in [-0.1, -0.05) is 60.2 Å². The number of hydrogen-bond acceptors (Lipinski definition) is 4. The van der Waals surface area contributed by atoms with Gasteiger partial charge in [-0.25, -0.2) is 4.79 Å². The zero-order valence-electron chi connectivity index (χ0n) is 15.6. The number of esters is 1. The molecule has 1 atom stereocenters. The summed E-state index contributed by atoms with van der Waals surface area (Å²) in [6.45, 7) is 1.98. The van der Waals surface area contributed by atoms with Crippen molar-refractivity contribution in [3.63, 3.8) is 0 Å². The zero-order valence-corrected chi connectivity index (χ0v) is 16.3. The van der Waals surface area contributed by atoms with Crippen LogP contribution in [-0.4, -0.2) is 32.4 Å². The zero-order chi connectivity index (χ0) is 19.6. The van der Waals surface area contributed by atoms with Crippen molar-refractivity contribution in [2.45, 2.75) is 13.0 Å². The van der Waals surface area contributed by atoms with Gasteiger partial charge in [0.1, 0.15) is 5.57 Å². The van der Waals surface area contributed by atoms with Crippen LogP contribution in [0.25, 0.3) is 11.6 Å². The molecule has 0 saturated heterocycles. The minimum Gasteiger partial charge on any atom is -0.503 e. The summed E-state index contributed by atoms with van der Waals surface area (Å²) in [4.78, 5) is 16.6. The summed E-state index contributed by atoms with van der Waals surface area (Å²) < 4.78 is 9.87. The fraction of sp³-hybridized carbons (Fsp3) is 0.182. The number of aliphatic imine (C=N–C) groups is 1. The Morgan fingerprint density at radius 3 is 2.48 bits per heavy atom. The fourth-order valence-electron chi connectivity index (χ4n) is 2.38. The van der Waals surface area contributed by atoms with Crippen LogP contribution in [0, 0.1) is 0 Å². The highest BCUT2D eigenvalue weighted by molar-refractivity contribution is 6.30. The van der Waals surface area contributed by atoms with Gasteiger partial charge in [0.2, 0.25) is 0 Å². The highest BCUT2D eigenvalue weighted by atomic mass is 35.5. The molecule has 0 heterocycles. The number of rotatable bonds is 7. The molecule has 2 rings (SSSR count). The first-order valence-electron chi connectivity index (χ1n) is 8.42. The van der Waals surface area contributed by atoms with Crippen molar-refractivity contribution < 1.29 is 14.3 Å². The van der Waals surface area contributed by atoms with Crippen LogP contribution in [-0.2, 0) is 14.3 Å². The molecule has 0 aliphatic rings. The molecule has 0 spiro atoms. The Morgan fingerprint density at radius 1 is 1.11 bits per heavy atom. The minimum atomic E-state index is -0.464. The Balaban J connectivity index is 2.20. The van der Waals surface area contributed by atoms with E-state index in [4.69, 9.17) is 21.1 Å². The van der Waals surface area contributed by atoms with Crippen LogP contribution >= 0.6 is 11.6 Å². The van der Waals surface area contributed by atoms with Gasteiger partial charge in [-0.3, -0.25) is 4.99 Å². The second-order valence-electron chi connectivity index (χ2n) is 5.78. The number of carbonyl (C=O) groups is 1. The molecule has 0 saturated carbocycles. The van der Waals surface area contributed by atoms with Crippen LogP contribution in [0.4, 0.5) is 0 Å². The van der Waals surface area contributed by atoms with Crippen LogP contribution in [0.2, 0.25) is 5.02 Å². The summed E-state index contributed by atoms with van der Waals surface area (Å²) >= 11 is 5.89. The van der Waals surface area contributed by atoms with Crippen molar-refractivity contribution in [2.75, 3.05) is 14.2 Å². The van der Waals surface area contributed by atoms with Crippen molar-refractivity contribution in [1.82, 2.24) is 0 Å². The molecule has 4 nitrogen and oxygen atoms in total. The number of halogens is 1. The summed E-state index contributed by atoms with van der Waals surface area (Å²) in [7, 11) is 2.83. The Morgan fingerprint density at radius 2 is 1.81 bits per heavy atom. The molecule has 0 radical (unpaired) electrons. The van der Waals surface area contributed by atoms with Gasteiger partial charge >= 0.3 is 5.97 Å². The lowest BCUT2D eigenvalue weighted by Gasteiger charge is -2.09. The lowest BCUT2D eigenvalue weighted by atomic mass is 10.0. The second-order valence-corrected chi connectivity index (χ2v) is 6.21. The number of nitrogens with zero attached hydrogens (tertiary/aromatic N) is 1. The van der Waals surface area contributed by atoms with E-state index in [1.807, 2.05) is 67.6 Å². The molecule has 140 valence electrons. The molecule has 0 aromatic heterocycles. The van der Waals surface area contributed by atoms with Gasteiger partial charge in [0.25, 0.3) is 0 Å². The number of carbonyl (C=O) groups excluding carboxylic acids is 1. The molecule has 27 heavy (non-hydrogen) atoms. The summed E-state index contributed by atoms with van der Waals surface area (Å²) in [5.41, 5.74) is 2.89.